The highest BCUT2D eigenvalue weighted by Crippen LogP contribution is 2.22. The number of ether oxygens (including phenoxy) is 1. The zero-order valence-corrected chi connectivity index (χ0v) is 12.4. The third kappa shape index (κ3) is 2.67. The number of methoxy groups -OCH3 is 1. The molecule has 1 amide bonds. The average Bonchev–Trinajstić information content (AvgIpc) is 2.82. The number of aryl methyl sites for hydroxylation is 1. The minimum absolute atomic E-state index is 0.0355. The van der Waals surface area contributed by atoms with Gasteiger partial charge < -0.3 is 14.2 Å². The molecule has 0 aromatic carbocycles. The van der Waals surface area contributed by atoms with E-state index in [0.29, 0.717) is 35.8 Å². The van der Waals surface area contributed by atoms with Crippen LogP contribution in [0.4, 0.5) is 0 Å². The van der Waals surface area contributed by atoms with Gasteiger partial charge in [0.1, 0.15) is 12.2 Å². The van der Waals surface area contributed by atoms with Gasteiger partial charge in [0, 0.05) is 27.1 Å². The van der Waals surface area contributed by atoms with Crippen LogP contribution >= 0.6 is 11.6 Å². The second kappa shape index (κ2) is 6.04. The van der Waals surface area contributed by atoms with Crippen molar-refractivity contribution in [2.24, 2.45) is 0 Å². The molecule has 0 atom stereocenters. The quantitative estimate of drug-likeness (QED) is 0.771. The molecule has 20 heavy (non-hydrogen) atoms. The number of carbonyl (C=O) groups excluding carboxylic acids is 1. The van der Waals surface area contributed by atoms with Crippen LogP contribution in [0.15, 0.2) is 6.33 Å². The van der Waals surface area contributed by atoms with Crippen LogP contribution in [0.1, 0.15) is 12.2 Å². The summed E-state index contributed by atoms with van der Waals surface area (Å²) < 4.78 is 6.99. The summed E-state index contributed by atoms with van der Waals surface area (Å²) in [5.41, 5.74) is 1.18. The van der Waals surface area contributed by atoms with E-state index in [4.69, 9.17) is 16.3 Å². The number of halogens is 1. The first-order valence-corrected chi connectivity index (χ1v) is 6.62. The third-order valence-corrected chi connectivity index (χ3v) is 3.18. The highest BCUT2D eigenvalue weighted by Gasteiger charge is 2.16. The molecule has 2 aromatic rings. The largest absolute Gasteiger partial charge is 0.479 e. The van der Waals surface area contributed by atoms with Crippen molar-refractivity contribution in [1.29, 1.82) is 0 Å². The summed E-state index contributed by atoms with van der Waals surface area (Å²) in [5.74, 6) is 1.31. The SMILES string of the molecule is COc1ncnc2c1nc(CCl)n2CCC(=O)N(C)C. The van der Waals surface area contributed by atoms with E-state index in [-0.39, 0.29) is 11.8 Å². The number of fused-ring (bicyclic) bond motifs is 1. The van der Waals surface area contributed by atoms with Crippen molar-refractivity contribution in [3.8, 4) is 5.88 Å². The first-order valence-electron chi connectivity index (χ1n) is 6.08. The Morgan fingerprint density at radius 3 is 2.80 bits per heavy atom. The number of imidazole rings is 1. The van der Waals surface area contributed by atoms with Gasteiger partial charge in [-0.15, -0.1) is 11.6 Å². The van der Waals surface area contributed by atoms with Crippen molar-refractivity contribution in [2.75, 3.05) is 21.2 Å². The van der Waals surface area contributed by atoms with Gasteiger partial charge in [-0.25, -0.2) is 9.97 Å². The number of hydrogen-bond donors (Lipinski definition) is 0. The van der Waals surface area contributed by atoms with Gasteiger partial charge in [0.15, 0.2) is 11.2 Å². The number of hydrogen-bond acceptors (Lipinski definition) is 5. The summed E-state index contributed by atoms with van der Waals surface area (Å²) in [6.45, 7) is 0.468. The Labute approximate surface area is 121 Å². The fourth-order valence-electron chi connectivity index (χ4n) is 1.88. The second-order valence-corrected chi connectivity index (χ2v) is 4.67. The van der Waals surface area contributed by atoms with Crippen LogP contribution in [-0.4, -0.2) is 51.5 Å². The maximum Gasteiger partial charge on any atom is 0.245 e. The molecule has 0 saturated heterocycles. The minimum atomic E-state index is 0.0355. The molecule has 2 aromatic heterocycles. The fraction of sp³-hybridized carbons (Fsp3) is 0.500. The molecule has 0 saturated carbocycles. The predicted molar refractivity (Wildman–Crippen MR) is 74.7 cm³/mol. The lowest BCUT2D eigenvalue weighted by Crippen LogP contribution is -2.23. The molecule has 0 bridgehead atoms. The Hall–Kier alpha value is -1.89. The normalized spacial score (nSPS) is 10.8. The standard InChI is InChI=1S/C12H16ClN5O2/c1-17(2)9(19)4-5-18-8(6-13)16-10-11(18)14-7-15-12(10)20-3/h7H,4-6H2,1-3H3. The van der Waals surface area contributed by atoms with E-state index in [1.54, 1.807) is 19.0 Å². The van der Waals surface area contributed by atoms with E-state index in [0.717, 1.165) is 0 Å². The monoisotopic (exact) mass is 297 g/mol. The predicted octanol–water partition coefficient (Wildman–Crippen LogP) is 1.05. The van der Waals surface area contributed by atoms with Crippen LogP contribution < -0.4 is 4.74 Å². The zero-order chi connectivity index (χ0) is 14.7. The van der Waals surface area contributed by atoms with Gasteiger partial charge >= 0.3 is 0 Å². The first kappa shape index (κ1) is 14.5. The lowest BCUT2D eigenvalue weighted by molar-refractivity contribution is -0.128. The van der Waals surface area contributed by atoms with Crippen molar-refractivity contribution in [1.82, 2.24) is 24.4 Å². The number of aromatic nitrogens is 4. The molecule has 0 radical (unpaired) electrons. The summed E-state index contributed by atoms with van der Waals surface area (Å²) in [5, 5.41) is 0. The van der Waals surface area contributed by atoms with Crippen LogP contribution in [0.2, 0.25) is 0 Å². The van der Waals surface area contributed by atoms with E-state index >= 15 is 0 Å². The maximum atomic E-state index is 11.7. The molecule has 0 aliphatic rings. The van der Waals surface area contributed by atoms with Gasteiger partial charge in [0.05, 0.1) is 13.0 Å². The summed E-state index contributed by atoms with van der Waals surface area (Å²) in [6, 6.07) is 0. The van der Waals surface area contributed by atoms with E-state index in [1.807, 2.05) is 4.57 Å². The van der Waals surface area contributed by atoms with Gasteiger partial charge in [0.2, 0.25) is 11.8 Å². The Morgan fingerprint density at radius 2 is 2.20 bits per heavy atom. The van der Waals surface area contributed by atoms with Crippen LogP contribution in [0.3, 0.4) is 0 Å². The topological polar surface area (TPSA) is 73.1 Å². The van der Waals surface area contributed by atoms with Crippen LogP contribution in [0.25, 0.3) is 11.2 Å². The van der Waals surface area contributed by atoms with Crippen LogP contribution in [0.5, 0.6) is 5.88 Å². The maximum absolute atomic E-state index is 11.7. The minimum Gasteiger partial charge on any atom is -0.479 e. The molecule has 0 N–H and O–H groups in total. The van der Waals surface area contributed by atoms with Crippen molar-refractivity contribution in [3.05, 3.63) is 12.2 Å². The zero-order valence-electron chi connectivity index (χ0n) is 11.6. The Morgan fingerprint density at radius 1 is 1.45 bits per heavy atom. The summed E-state index contributed by atoms with van der Waals surface area (Å²) >= 11 is 5.91. The van der Waals surface area contributed by atoms with Gasteiger partial charge in [0.25, 0.3) is 0 Å². The average molecular weight is 298 g/mol. The van der Waals surface area contributed by atoms with Crippen molar-refractivity contribution in [2.45, 2.75) is 18.8 Å². The van der Waals surface area contributed by atoms with Crippen molar-refractivity contribution >= 4 is 28.7 Å². The summed E-state index contributed by atoms with van der Waals surface area (Å²) in [6.07, 6.45) is 1.76. The van der Waals surface area contributed by atoms with Gasteiger partial charge in [-0.3, -0.25) is 4.79 Å². The lowest BCUT2D eigenvalue weighted by atomic mass is 10.3. The molecule has 7 nitrogen and oxygen atoms in total. The van der Waals surface area contributed by atoms with E-state index in [9.17, 15) is 4.79 Å². The van der Waals surface area contributed by atoms with Crippen LogP contribution in [0, 0.1) is 0 Å². The Bertz CT molecular complexity index is 626. The van der Waals surface area contributed by atoms with E-state index in [2.05, 4.69) is 15.0 Å². The number of alkyl halides is 1. The fourth-order valence-corrected chi connectivity index (χ4v) is 2.08. The van der Waals surface area contributed by atoms with E-state index in [1.165, 1.54) is 13.4 Å². The molecule has 108 valence electrons. The van der Waals surface area contributed by atoms with Crippen molar-refractivity contribution in [3.63, 3.8) is 0 Å². The Kier molecular flexibility index (Phi) is 4.39. The second-order valence-electron chi connectivity index (χ2n) is 4.41. The van der Waals surface area contributed by atoms with E-state index < -0.39 is 0 Å². The molecule has 0 unspecified atom stereocenters. The molecule has 2 heterocycles. The summed E-state index contributed by atoms with van der Waals surface area (Å²) in [4.78, 5) is 25.8. The first-order chi connectivity index (χ1) is 9.58. The molecular formula is C12H16ClN5O2. The van der Waals surface area contributed by atoms with Gasteiger partial charge in [-0.05, 0) is 0 Å². The Balaban J connectivity index is 2.38. The highest BCUT2D eigenvalue weighted by atomic mass is 35.5. The molecular weight excluding hydrogens is 282 g/mol. The van der Waals surface area contributed by atoms with Crippen LogP contribution in [-0.2, 0) is 17.2 Å². The molecule has 0 aliphatic heterocycles. The highest BCUT2D eigenvalue weighted by molar-refractivity contribution is 6.16. The third-order valence-electron chi connectivity index (χ3n) is 2.94. The molecule has 0 spiro atoms. The smallest absolute Gasteiger partial charge is 0.245 e. The number of amides is 1. The lowest BCUT2D eigenvalue weighted by Gasteiger charge is -2.11. The molecule has 8 heteroatoms. The summed E-state index contributed by atoms with van der Waals surface area (Å²) in [7, 11) is 4.97. The van der Waals surface area contributed by atoms with Crippen molar-refractivity contribution < 1.29 is 9.53 Å². The molecule has 2 rings (SSSR count). The van der Waals surface area contributed by atoms with Gasteiger partial charge in [-0.1, -0.05) is 0 Å². The number of rotatable bonds is 5. The molecule has 0 fully saturated rings. The van der Waals surface area contributed by atoms with Gasteiger partial charge in [-0.2, -0.15) is 4.98 Å². The number of carbonyl (C=O) groups is 1. The molecule has 0 aliphatic carbocycles. The number of nitrogens with zero attached hydrogens (tertiary/aromatic N) is 5.